The van der Waals surface area contributed by atoms with Crippen molar-refractivity contribution in [3.8, 4) is 0 Å². The highest BCUT2D eigenvalue weighted by Crippen LogP contribution is 2.20. The fraction of sp³-hybridized carbons (Fsp3) is 0.500. The van der Waals surface area contributed by atoms with E-state index in [1.54, 1.807) is 6.07 Å². The molecule has 0 bridgehead atoms. The molecule has 98 valence electrons. The van der Waals surface area contributed by atoms with E-state index in [0.717, 1.165) is 30.6 Å². The molecule has 0 spiro atoms. The predicted octanol–water partition coefficient (Wildman–Crippen LogP) is 1.35. The van der Waals surface area contributed by atoms with Crippen LogP contribution in [0.5, 0.6) is 0 Å². The Hall–Kier alpha value is -1.55. The number of rotatable bonds is 2. The van der Waals surface area contributed by atoms with Gasteiger partial charge < -0.3 is 15.5 Å². The van der Waals surface area contributed by atoms with Crippen LogP contribution < -0.4 is 5.73 Å². The van der Waals surface area contributed by atoms with E-state index in [1.165, 1.54) is 0 Å². The van der Waals surface area contributed by atoms with Crippen LogP contribution in [0, 0.1) is 6.92 Å². The summed E-state index contributed by atoms with van der Waals surface area (Å²) < 4.78 is 0. The maximum Gasteiger partial charge on any atom is 0.254 e. The summed E-state index contributed by atoms with van der Waals surface area (Å²) in [5.74, 6) is 0.101. The topological polar surface area (TPSA) is 49.6 Å². The minimum Gasteiger partial charge on any atom is -0.399 e. The first-order chi connectivity index (χ1) is 8.49. The molecule has 0 aromatic heterocycles. The number of hydrogen-bond acceptors (Lipinski definition) is 3. The van der Waals surface area contributed by atoms with Gasteiger partial charge in [0.25, 0.3) is 5.91 Å². The Labute approximate surface area is 108 Å². The number of nitrogens with two attached hydrogens (primary N) is 1. The summed E-state index contributed by atoms with van der Waals surface area (Å²) in [5.41, 5.74) is 8.13. The highest BCUT2D eigenvalue weighted by Gasteiger charge is 2.28. The molecule has 1 atom stereocenters. The molecule has 0 radical (unpaired) electrons. The minimum atomic E-state index is 0.101. The van der Waals surface area contributed by atoms with Crippen molar-refractivity contribution in [2.45, 2.75) is 19.4 Å². The van der Waals surface area contributed by atoms with Gasteiger partial charge in [-0.15, -0.1) is 0 Å². The van der Waals surface area contributed by atoms with Gasteiger partial charge in [0, 0.05) is 30.4 Å². The lowest BCUT2D eigenvalue weighted by atomic mass is 10.1. The van der Waals surface area contributed by atoms with Gasteiger partial charge in [-0.3, -0.25) is 4.79 Å². The molecule has 1 aromatic rings. The number of benzene rings is 1. The van der Waals surface area contributed by atoms with E-state index in [2.05, 4.69) is 19.0 Å². The highest BCUT2D eigenvalue weighted by molar-refractivity contribution is 5.96. The molecule has 4 nitrogen and oxygen atoms in total. The Kier molecular flexibility index (Phi) is 3.57. The Morgan fingerprint density at radius 3 is 2.78 bits per heavy atom. The molecule has 1 fully saturated rings. The number of carbonyl (C=O) groups is 1. The van der Waals surface area contributed by atoms with Crippen molar-refractivity contribution in [3.63, 3.8) is 0 Å². The van der Waals surface area contributed by atoms with Crippen LogP contribution in [0.1, 0.15) is 22.3 Å². The number of amides is 1. The SMILES string of the molecule is Cc1ccc(N)cc1C(=O)N1CCC(N(C)C)C1. The maximum atomic E-state index is 12.4. The number of nitrogens with zero attached hydrogens (tertiary/aromatic N) is 2. The molecule has 1 saturated heterocycles. The number of aryl methyl sites for hydroxylation is 1. The second-order valence-electron chi connectivity index (χ2n) is 5.23. The number of hydrogen-bond donors (Lipinski definition) is 1. The summed E-state index contributed by atoms with van der Waals surface area (Å²) in [7, 11) is 4.12. The summed E-state index contributed by atoms with van der Waals surface area (Å²) in [5, 5.41) is 0. The zero-order chi connectivity index (χ0) is 13.3. The van der Waals surface area contributed by atoms with Crippen molar-refractivity contribution in [1.82, 2.24) is 9.80 Å². The zero-order valence-electron chi connectivity index (χ0n) is 11.3. The number of likely N-dealkylation sites (tertiary alicyclic amines) is 1. The molecule has 2 N–H and O–H groups in total. The van der Waals surface area contributed by atoms with E-state index in [4.69, 9.17) is 5.73 Å². The van der Waals surface area contributed by atoms with Crippen LogP contribution in [0.15, 0.2) is 18.2 Å². The molecule has 1 heterocycles. The van der Waals surface area contributed by atoms with Gasteiger partial charge in [0.2, 0.25) is 0 Å². The summed E-state index contributed by atoms with van der Waals surface area (Å²) in [6.07, 6.45) is 1.04. The molecule has 1 aliphatic rings. The first kappa shape index (κ1) is 12.9. The number of carbonyl (C=O) groups excluding carboxylic acids is 1. The molecule has 0 saturated carbocycles. The van der Waals surface area contributed by atoms with Crippen LogP contribution >= 0.6 is 0 Å². The van der Waals surface area contributed by atoms with Crippen LogP contribution in [0.25, 0.3) is 0 Å². The van der Waals surface area contributed by atoms with Gasteiger partial charge in [-0.05, 0) is 45.1 Å². The van der Waals surface area contributed by atoms with Crippen LogP contribution in [0.4, 0.5) is 5.69 Å². The van der Waals surface area contributed by atoms with Gasteiger partial charge in [0.1, 0.15) is 0 Å². The minimum absolute atomic E-state index is 0.101. The number of anilines is 1. The molecule has 18 heavy (non-hydrogen) atoms. The molecule has 1 unspecified atom stereocenters. The third-order valence-electron chi connectivity index (χ3n) is 3.67. The number of likely N-dealkylation sites (N-methyl/N-ethyl adjacent to an activating group) is 1. The lowest BCUT2D eigenvalue weighted by Gasteiger charge is -2.21. The van der Waals surface area contributed by atoms with Gasteiger partial charge >= 0.3 is 0 Å². The van der Waals surface area contributed by atoms with Crippen LogP contribution in [0.3, 0.4) is 0 Å². The van der Waals surface area contributed by atoms with E-state index in [-0.39, 0.29) is 5.91 Å². The van der Waals surface area contributed by atoms with Gasteiger partial charge in [0.15, 0.2) is 0 Å². The Morgan fingerprint density at radius 1 is 1.44 bits per heavy atom. The van der Waals surface area contributed by atoms with Crippen LogP contribution in [-0.4, -0.2) is 48.9 Å². The van der Waals surface area contributed by atoms with Crippen LogP contribution in [-0.2, 0) is 0 Å². The zero-order valence-corrected chi connectivity index (χ0v) is 11.3. The average Bonchev–Trinajstić information content (AvgIpc) is 2.81. The smallest absolute Gasteiger partial charge is 0.254 e. The number of nitrogen functional groups attached to an aromatic ring is 1. The monoisotopic (exact) mass is 247 g/mol. The van der Waals surface area contributed by atoms with Crippen molar-refractivity contribution in [2.24, 2.45) is 0 Å². The first-order valence-corrected chi connectivity index (χ1v) is 6.31. The van der Waals surface area contributed by atoms with Crippen molar-refractivity contribution in [3.05, 3.63) is 29.3 Å². The highest BCUT2D eigenvalue weighted by atomic mass is 16.2. The Morgan fingerprint density at radius 2 is 2.17 bits per heavy atom. The summed E-state index contributed by atoms with van der Waals surface area (Å²) >= 11 is 0. The fourth-order valence-electron chi connectivity index (χ4n) is 2.39. The Balaban J connectivity index is 2.15. The van der Waals surface area contributed by atoms with Crippen molar-refractivity contribution in [1.29, 1.82) is 0 Å². The van der Waals surface area contributed by atoms with E-state index in [1.807, 2.05) is 24.0 Å². The molecule has 2 rings (SSSR count). The van der Waals surface area contributed by atoms with Gasteiger partial charge in [-0.1, -0.05) is 6.07 Å². The summed E-state index contributed by atoms with van der Waals surface area (Å²) in [4.78, 5) is 16.5. The van der Waals surface area contributed by atoms with Crippen molar-refractivity contribution in [2.75, 3.05) is 32.9 Å². The van der Waals surface area contributed by atoms with Gasteiger partial charge in [-0.2, -0.15) is 0 Å². The molecular weight excluding hydrogens is 226 g/mol. The van der Waals surface area contributed by atoms with Gasteiger partial charge in [0.05, 0.1) is 0 Å². The Bertz CT molecular complexity index is 456. The summed E-state index contributed by atoms with van der Waals surface area (Å²) in [6.45, 7) is 3.59. The van der Waals surface area contributed by atoms with Crippen molar-refractivity contribution < 1.29 is 4.79 Å². The van der Waals surface area contributed by atoms with E-state index in [0.29, 0.717) is 11.7 Å². The van der Waals surface area contributed by atoms with Gasteiger partial charge in [-0.25, -0.2) is 0 Å². The summed E-state index contributed by atoms with van der Waals surface area (Å²) in [6, 6.07) is 5.98. The lowest BCUT2D eigenvalue weighted by Crippen LogP contribution is -2.34. The first-order valence-electron chi connectivity index (χ1n) is 6.31. The largest absolute Gasteiger partial charge is 0.399 e. The molecule has 0 aliphatic carbocycles. The molecular formula is C14H21N3O. The van der Waals surface area contributed by atoms with Crippen LogP contribution in [0.2, 0.25) is 0 Å². The molecule has 4 heteroatoms. The average molecular weight is 247 g/mol. The normalized spacial score (nSPS) is 19.6. The molecule has 1 amide bonds. The van der Waals surface area contributed by atoms with E-state index >= 15 is 0 Å². The third kappa shape index (κ3) is 2.48. The quantitative estimate of drug-likeness (QED) is 0.803. The predicted molar refractivity (Wildman–Crippen MR) is 73.6 cm³/mol. The molecule has 1 aromatic carbocycles. The van der Waals surface area contributed by atoms with E-state index < -0.39 is 0 Å². The lowest BCUT2D eigenvalue weighted by molar-refractivity contribution is 0.0782. The second kappa shape index (κ2) is 4.98. The maximum absolute atomic E-state index is 12.4. The third-order valence-corrected chi connectivity index (χ3v) is 3.67. The van der Waals surface area contributed by atoms with Crippen molar-refractivity contribution >= 4 is 11.6 Å². The standard InChI is InChI=1S/C14H21N3O/c1-10-4-5-11(15)8-13(10)14(18)17-7-6-12(9-17)16(2)3/h4-5,8,12H,6-7,9,15H2,1-3H3. The van der Waals surface area contributed by atoms with E-state index in [9.17, 15) is 4.79 Å². The second-order valence-corrected chi connectivity index (χ2v) is 5.23. The molecule has 1 aliphatic heterocycles. The fourth-order valence-corrected chi connectivity index (χ4v) is 2.39.